The van der Waals surface area contributed by atoms with E-state index in [-0.39, 0.29) is 17.1 Å². The van der Waals surface area contributed by atoms with E-state index in [1.807, 2.05) is 13.8 Å². The van der Waals surface area contributed by atoms with Crippen LogP contribution in [0.2, 0.25) is 0 Å². The van der Waals surface area contributed by atoms with Gasteiger partial charge in [0.1, 0.15) is 0 Å². The van der Waals surface area contributed by atoms with E-state index in [1.165, 1.54) is 17.1 Å². The lowest BCUT2D eigenvalue weighted by atomic mass is 10.0. The van der Waals surface area contributed by atoms with Gasteiger partial charge in [0.2, 0.25) is 0 Å². The number of rotatable bonds is 8. The molecule has 0 unspecified atom stereocenters. The summed E-state index contributed by atoms with van der Waals surface area (Å²) in [5.74, 6) is -0.289. The maximum Gasteiger partial charge on any atom is 0.254 e. The second-order valence-corrected chi connectivity index (χ2v) is 4.70. The Hall–Kier alpha value is -2.42. The average Bonchev–Trinajstić information content (AvgIpc) is 2.47. The molecular weight excluding hydrogens is 262 g/mol. The molecule has 0 bridgehead atoms. The highest BCUT2D eigenvalue weighted by atomic mass is 16.2. The van der Waals surface area contributed by atoms with Gasteiger partial charge in [-0.3, -0.25) is 9.59 Å². The van der Waals surface area contributed by atoms with Gasteiger partial charge in [0.05, 0.1) is 0 Å². The maximum atomic E-state index is 12.4. The first-order valence-corrected chi connectivity index (χ1v) is 6.51. The molecule has 0 aliphatic heterocycles. The van der Waals surface area contributed by atoms with Gasteiger partial charge in [-0.1, -0.05) is 50.1 Å². The predicted molar refractivity (Wildman–Crippen MR) is 88.8 cm³/mol. The molecule has 0 aliphatic carbocycles. The number of likely N-dealkylation sites (N-methyl/N-ethyl adjacent to an activating group) is 1. The van der Waals surface area contributed by atoms with Crippen molar-refractivity contribution in [2.24, 2.45) is 0 Å². The fourth-order valence-electron chi connectivity index (χ4n) is 1.78. The largest absolute Gasteiger partial charge is 0.337 e. The smallest absolute Gasteiger partial charge is 0.254 e. The van der Waals surface area contributed by atoms with Gasteiger partial charge in [-0.2, -0.15) is 0 Å². The first-order chi connectivity index (χ1) is 9.83. The minimum absolute atomic E-state index is 0.225. The molecule has 0 radical (unpaired) electrons. The molecule has 0 aromatic heterocycles. The molecule has 0 aromatic carbocycles. The number of hydrogen-bond donors (Lipinski definition) is 0. The van der Waals surface area contributed by atoms with Crippen molar-refractivity contribution < 1.29 is 9.59 Å². The van der Waals surface area contributed by atoms with Gasteiger partial charge in [0.15, 0.2) is 6.29 Å². The quantitative estimate of drug-likeness (QED) is 0.389. The zero-order chi connectivity index (χ0) is 16.6. The number of amides is 1. The molecule has 3 heteroatoms. The number of nitrogens with zero attached hydrogens (tertiary/aromatic N) is 1. The van der Waals surface area contributed by atoms with Gasteiger partial charge in [0, 0.05) is 24.7 Å². The maximum absolute atomic E-state index is 12.4. The molecule has 21 heavy (non-hydrogen) atoms. The molecule has 3 nitrogen and oxygen atoms in total. The Morgan fingerprint density at radius 2 is 1.67 bits per heavy atom. The van der Waals surface area contributed by atoms with Crippen molar-refractivity contribution >= 4 is 12.2 Å². The summed E-state index contributed by atoms with van der Waals surface area (Å²) in [6, 6.07) is 0. The van der Waals surface area contributed by atoms with Crippen LogP contribution in [0, 0.1) is 0 Å². The third kappa shape index (κ3) is 4.88. The zero-order valence-corrected chi connectivity index (χ0v) is 13.1. The van der Waals surface area contributed by atoms with Gasteiger partial charge in [-0.15, -0.1) is 0 Å². The SMILES string of the molecule is C=C/C(C=O)=C(\C=C)C(=O)N(C)C/C(C(=C)C)=C(\C)C=C. The summed E-state index contributed by atoms with van der Waals surface area (Å²) in [5.41, 5.74) is 3.24. The molecule has 0 saturated carbocycles. The van der Waals surface area contributed by atoms with Crippen LogP contribution in [0.3, 0.4) is 0 Å². The van der Waals surface area contributed by atoms with Crippen molar-refractivity contribution in [1.82, 2.24) is 4.90 Å². The van der Waals surface area contributed by atoms with Crippen molar-refractivity contribution in [3.63, 3.8) is 0 Å². The summed E-state index contributed by atoms with van der Waals surface area (Å²) in [5, 5.41) is 0. The van der Waals surface area contributed by atoms with Crippen LogP contribution in [0.5, 0.6) is 0 Å². The third-order valence-corrected chi connectivity index (χ3v) is 3.13. The van der Waals surface area contributed by atoms with Crippen LogP contribution < -0.4 is 0 Å². The number of allylic oxidation sites excluding steroid dienone is 4. The normalized spacial score (nSPS) is 12.5. The monoisotopic (exact) mass is 285 g/mol. The molecule has 112 valence electrons. The van der Waals surface area contributed by atoms with Crippen molar-refractivity contribution in [3.8, 4) is 0 Å². The van der Waals surface area contributed by atoms with E-state index in [2.05, 4.69) is 26.3 Å². The number of aldehydes is 1. The highest BCUT2D eigenvalue weighted by Gasteiger charge is 2.17. The van der Waals surface area contributed by atoms with Gasteiger partial charge in [-0.25, -0.2) is 0 Å². The summed E-state index contributed by atoms with van der Waals surface area (Å²) in [4.78, 5) is 24.9. The summed E-state index contributed by atoms with van der Waals surface area (Å²) < 4.78 is 0. The van der Waals surface area contributed by atoms with Crippen molar-refractivity contribution in [2.45, 2.75) is 13.8 Å². The predicted octanol–water partition coefficient (Wildman–Crippen LogP) is 3.39. The van der Waals surface area contributed by atoms with E-state index in [0.29, 0.717) is 12.8 Å². The molecule has 0 heterocycles. The Morgan fingerprint density at radius 3 is 2.00 bits per heavy atom. The van der Waals surface area contributed by atoms with Gasteiger partial charge >= 0.3 is 0 Å². The second-order valence-electron chi connectivity index (χ2n) is 4.70. The Bertz CT molecular complexity index is 538. The molecule has 0 N–H and O–H groups in total. The van der Waals surface area contributed by atoms with Crippen LogP contribution in [0.25, 0.3) is 0 Å². The van der Waals surface area contributed by atoms with Crippen LogP contribution in [0.15, 0.2) is 72.4 Å². The fourth-order valence-corrected chi connectivity index (χ4v) is 1.78. The first kappa shape index (κ1) is 18.6. The molecule has 0 aliphatic rings. The summed E-state index contributed by atoms with van der Waals surface area (Å²) in [6.07, 6.45) is 5.04. The van der Waals surface area contributed by atoms with E-state index in [1.54, 1.807) is 13.1 Å². The van der Waals surface area contributed by atoms with Gasteiger partial charge < -0.3 is 4.90 Å². The number of carbonyl (C=O) groups excluding carboxylic acids is 2. The highest BCUT2D eigenvalue weighted by Crippen LogP contribution is 2.17. The van der Waals surface area contributed by atoms with E-state index < -0.39 is 0 Å². The van der Waals surface area contributed by atoms with E-state index >= 15 is 0 Å². The lowest BCUT2D eigenvalue weighted by Crippen LogP contribution is -2.30. The van der Waals surface area contributed by atoms with Crippen molar-refractivity contribution in [2.75, 3.05) is 13.6 Å². The van der Waals surface area contributed by atoms with E-state index in [0.717, 1.165) is 16.7 Å². The average molecular weight is 285 g/mol. The standard InChI is InChI=1S/C18H23NO2/c1-8-14(6)17(13(4)5)11-19(7)18(21)16(10-3)15(9-2)12-20/h8-10,12H,1-4,11H2,5-7H3/b16-15-,17-14-. The van der Waals surface area contributed by atoms with E-state index in [4.69, 9.17) is 0 Å². The zero-order valence-electron chi connectivity index (χ0n) is 13.1. The summed E-state index contributed by atoms with van der Waals surface area (Å²) >= 11 is 0. The summed E-state index contributed by atoms with van der Waals surface area (Å²) in [7, 11) is 1.66. The van der Waals surface area contributed by atoms with Crippen LogP contribution in [0.4, 0.5) is 0 Å². The van der Waals surface area contributed by atoms with Gasteiger partial charge in [0.25, 0.3) is 5.91 Å². The van der Waals surface area contributed by atoms with Gasteiger partial charge in [-0.05, 0) is 25.0 Å². The lowest BCUT2D eigenvalue weighted by Gasteiger charge is -2.21. The number of carbonyl (C=O) groups is 2. The molecule has 0 rings (SSSR count). The van der Waals surface area contributed by atoms with Crippen LogP contribution in [0.1, 0.15) is 13.8 Å². The highest BCUT2D eigenvalue weighted by molar-refractivity contribution is 6.02. The Kier molecular flexibility index (Phi) is 7.69. The van der Waals surface area contributed by atoms with Crippen molar-refractivity contribution in [3.05, 3.63) is 72.4 Å². The minimum Gasteiger partial charge on any atom is -0.337 e. The molecule has 0 fully saturated rings. The van der Waals surface area contributed by atoms with Crippen LogP contribution in [-0.2, 0) is 9.59 Å². The number of hydrogen-bond acceptors (Lipinski definition) is 2. The fraction of sp³-hybridized carbons (Fsp3) is 0.222. The van der Waals surface area contributed by atoms with Crippen molar-refractivity contribution in [1.29, 1.82) is 0 Å². The Morgan fingerprint density at radius 1 is 1.10 bits per heavy atom. The second kappa shape index (κ2) is 8.69. The molecule has 0 saturated heterocycles. The molecule has 0 spiro atoms. The Labute approximate surface area is 127 Å². The topological polar surface area (TPSA) is 37.4 Å². The summed E-state index contributed by atoms with van der Waals surface area (Å²) in [6.45, 7) is 19.0. The Balaban J connectivity index is 5.54. The third-order valence-electron chi connectivity index (χ3n) is 3.13. The van der Waals surface area contributed by atoms with E-state index in [9.17, 15) is 9.59 Å². The molecule has 0 aromatic rings. The molecular formula is C18H23NO2. The molecule has 1 amide bonds. The van der Waals surface area contributed by atoms with Crippen LogP contribution >= 0.6 is 0 Å². The molecule has 0 atom stereocenters. The lowest BCUT2D eigenvalue weighted by molar-refractivity contribution is -0.125. The van der Waals surface area contributed by atoms with Crippen LogP contribution in [-0.4, -0.2) is 30.7 Å². The first-order valence-electron chi connectivity index (χ1n) is 6.51. The minimum atomic E-state index is -0.289.